The minimum absolute atomic E-state index is 0.193. The zero-order valence-corrected chi connectivity index (χ0v) is 14.1. The minimum atomic E-state index is -0.775. The Kier molecular flexibility index (Phi) is 5.81. The minimum Gasteiger partial charge on any atom is -0.345 e. The maximum atomic E-state index is 13.7. The molecule has 0 bridgehead atoms. The van der Waals surface area contributed by atoms with Crippen LogP contribution in [0.4, 0.5) is 14.5 Å². The predicted octanol–water partition coefficient (Wildman–Crippen LogP) is 3.21. The van der Waals surface area contributed by atoms with Crippen LogP contribution in [0.3, 0.4) is 0 Å². The van der Waals surface area contributed by atoms with Gasteiger partial charge >= 0.3 is 0 Å². The Morgan fingerprint density at radius 3 is 2.35 bits per heavy atom. The summed E-state index contributed by atoms with van der Waals surface area (Å²) < 4.78 is 26.9. The largest absolute Gasteiger partial charge is 0.345 e. The number of rotatable bonds is 4. The quantitative estimate of drug-likeness (QED) is 0.676. The Balaban J connectivity index is 2.19. The number of benzene rings is 2. The lowest BCUT2D eigenvalue weighted by atomic mass is 10.1. The third-order valence-corrected chi connectivity index (χ3v) is 3.42. The third kappa shape index (κ3) is 4.51. The van der Waals surface area contributed by atoms with E-state index in [0.717, 1.165) is 24.3 Å². The van der Waals surface area contributed by atoms with Gasteiger partial charge in [-0.15, -0.1) is 0 Å². The molecular weight excluding hydrogens is 340 g/mol. The summed E-state index contributed by atoms with van der Waals surface area (Å²) in [5.41, 5.74) is 0.198. The summed E-state index contributed by atoms with van der Waals surface area (Å²) in [5, 5.41) is 11.6. The van der Waals surface area contributed by atoms with Gasteiger partial charge in [0.2, 0.25) is 0 Å². The number of nitrogens with one attached hydrogen (secondary N) is 1. The average molecular weight is 355 g/mol. The number of nitrogens with zero attached hydrogens (tertiary/aromatic N) is 2. The molecule has 7 heteroatoms. The smallest absolute Gasteiger partial charge is 0.266 e. The van der Waals surface area contributed by atoms with Crippen molar-refractivity contribution in [2.24, 2.45) is 0 Å². The highest BCUT2D eigenvalue weighted by atomic mass is 19.1. The first-order chi connectivity index (χ1) is 12.3. The van der Waals surface area contributed by atoms with Crippen molar-refractivity contribution in [1.29, 1.82) is 5.26 Å². The van der Waals surface area contributed by atoms with E-state index in [9.17, 15) is 18.4 Å². The maximum Gasteiger partial charge on any atom is 0.266 e. The van der Waals surface area contributed by atoms with E-state index in [2.05, 4.69) is 5.32 Å². The van der Waals surface area contributed by atoms with E-state index in [4.69, 9.17) is 5.26 Å². The number of carbonyl (C=O) groups excluding carboxylic acids is 2. The van der Waals surface area contributed by atoms with Gasteiger partial charge in [-0.2, -0.15) is 5.26 Å². The summed E-state index contributed by atoms with van der Waals surface area (Å²) in [4.78, 5) is 25.4. The van der Waals surface area contributed by atoms with E-state index in [1.54, 1.807) is 20.2 Å². The van der Waals surface area contributed by atoms with E-state index in [1.165, 1.54) is 29.2 Å². The summed E-state index contributed by atoms with van der Waals surface area (Å²) in [6, 6.07) is 10.5. The molecule has 2 rings (SSSR count). The lowest BCUT2D eigenvalue weighted by Crippen LogP contribution is -2.21. The Labute approximate surface area is 149 Å². The molecule has 2 aromatic carbocycles. The standard InChI is InChI=1S/C19H15F2N3O2/c1-24(2)19(26)12-3-6-16(7-4-12)23-18(25)14(11-22)9-13-10-15(20)5-8-17(13)21/h3-10H,1-2H3,(H,23,25). The van der Waals surface area contributed by atoms with Crippen LogP contribution in [-0.4, -0.2) is 30.8 Å². The molecule has 5 nitrogen and oxygen atoms in total. The van der Waals surface area contributed by atoms with Crippen LogP contribution in [0.25, 0.3) is 6.08 Å². The van der Waals surface area contributed by atoms with Crippen LogP contribution >= 0.6 is 0 Å². The molecule has 0 aliphatic carbocycles. The van der Waals surface area contributed by atoms with Crippen LogP contribution in [0, 0.1) is 23.0 Å². The zero-order valence-electron chi connectivity index (χ0n) is 14.1. The van der Waals surface area contributed by atoms with E-state index < -0.39 is 17.5 Å². The van der Waals surface area contributed by atoms with Crippen molar-refractivity contribution >= 4 is 23.6 Å². The number of hydrogen-bond acceptors (Lipinski definition) is 3. The van der Waals surface area contributed by atoms with Gasteiger partial charge in [-0.05, 0) is 48.5 Å². The number of hydrogen-bond donors (Lipinski definition) is 1. The molecule has 0 spiro atoms. The van der Waals surface area contributed by atoms with Crippen molar-refractivity contribution in [2.45, 2.75) is 0 Å². The van der Waals surface area contributed by atoms with Crippen molar-refractivity contribution < 1.29 is 18.4 Å². The van der Waals surface area contributed by atoms with Gasteiger partial charge in [0, 0.05) is 30.9 Å². The fraction of sp³-hybridized carbons (Fsp3) is 0.105. The first-order valence-electron chi connectivity index (χ1n) is 7.51. The Morgan fingerprint density at radius 2 is 1.77 bits per heavy atom. The molecule has 0 heterocycles. The molecule has 2 amide bonds. The van der Waals surface area contributed by atoms with Crippen LogP contribution < -0.4 is 5.32 Å². The Bertz CT molecular complexity index is 913. The van der Waals surface area contributed by atoms with E-state index in [-0.39, 0.29) is 17.0 Å². The fourth-order valence-electron chi connectivity index (χ4n) is 2.08. The van der Waals surface area contributed by atoms with Crippen molar-refractivity contribution in [3.8, 4) is 6.07 Å². The fourth-order valence-corrected chi connectivity index (χ4v) is 2.08. The van der Waals surface area contributed by atoms with Gasteiger partial charge in [0.25, 0.3) is 11.8 Å². The molecule has 0 unspecified atom stereocenters. The Hall–Kier alpha value is -3.53. The highest BCUT2D eigenvalue weighted by Gasteiger charge is 2.13. The molecule has 2 aromatic rings. The van der Waals surface area contributed by atoms with Gasteiger partial charge in [0.1, 0.15) is 23.3 Å². The molecule has 0 fully saturated rings. The molecule has 132 valence electrons. The van der Waals surface area contributed by atoms with E-state index in [0.29, 0.717) is 11.3 Å². The second-order valence-electron chi connectivity index (χ2n) is 5.57. The summed E-state index contributed by atoms with van der Waals surface area (Å²) in [6.45, 7) is 0. The van der Waals surface area contributed by atoms with Gasteiger partial charge in [-0.3, -0.25) is 9.59 Å². The number of amides is 2. The summed E-state index contributed by atoms with van der Waals surface area (Å²) in [5.74, 6) is -2.40. The van der Waals surface area contributed by atoms with Gasteiger partial charge in [0.15, 0.2) is 0 Å². The number of carbonyl (C=O) groups is 2. The van der Waals surface area contributed by atoms with Crippen LogP contribution in [-0.2, 0) is 4.79 Å². The van der Waals surface area contributed by atoms with E-state index in [1.807, 2.05) is 0 Å². The molecule has 0 aliphatic rings. The molecule has 26 heavy (non-hydrogen) atoms. The van der Waals surface area contributed by atoms with Crippen molar-refractivity contribution in [2.75, 3.05) is 19.4 Å². The van der Waals surface area contributed by atoms with Gasteiger partial charge < -0.3 is 10.2 Å². The number of anilines is 1. The zero-order chi connectivity index (χ0) is 19.3. The van der Waals surface area contributed by atoms with E-state index >= 15 is 0 Å². The summed E-state index contributed by atoms with van der Waals surface area (Å²) in [7, 11) is 3.24. The molecule has 1 N–H and O–H groups in total. The summed E-state index contributed by atoms with van der Waals surface area (Å²) in [6.07, 6.45) is 0.970. The van der Waals surface area contributed by atoms with Gasteiger partial charge in [-0.25, -0.2) is 8.78 Å². The van der Waals surface area contributed by atoms with Gasteiger partial charge in [0.05, 0.1) is 0 Å². The summed E-state index contributed by atoms with van der Waals surface area (Å²) >= 11 is 0. The van der Waals surface area contributed by atoms with Crippen molar-refractivity contribution in [1.82, 2.24) is 4.90 Å². The molecule has 0 saturated carbocycles. The third-order valence-electron chi connectivity index (χ3n) is 3.42. The second kappa shape index (κ2) is 8.03. The lowest BCUT2D eigenvalue weighted by molar-refractivity contribution is -0.112. The normalized spacial score (nSPS) is 10.8. The second-order valence-corrected chi connectivity index (χ2v) is 5.57. The molecule has 0 aromatic heterocycles. The SMILES string of the molecule is CN(C)C(=O)c1ccc(NC(=O)C(C#N)=Cc2cc(F)ccc2F)cc1. The first-order valence-corrected chi connectivity index (χ1v) is 7.51. The van der Waals surface area contributed by atoms with Crippen LogP contribution in [0.2, 0.25) is 0 Å². The van der Waals surface area contributed by atoms with Crippen molar-refractivity contribution in [3.05, 3.63) is 70.8 Å². The maximum absolute atomic E-state index is 13.7. The predicted molar refractivity (Wildman–Crippen MR) is 93.0 cm³/mol. The van der Waals surface area contributed by atoms with Crippen LogP contribution in [0.15, 0.2) is 48.0 Å². The van der Waals surface area contributed by atoms with Crippen molar-refractivity contribution in [3.63, 3.8) is 0 Å². The Morgan fingerprint density at radius 1 is 1.12 bits per heavy atom. The molecule has 0 atom stereocenters. The molecule has 0 radical (unpaired) electrons. The first kappa shape index (κ1) is 18.8. The molecule has 0 aliphatic heterocycles. The molecule has 0 saturated heterocycles. The lowest BCUT2D eigenvalue weighted by Gasteiger charge is -2.11. The van der Waals surface area contributed by atoms with Crippen LogP contribution in [0.1, 0.15) is 15.9 Å². The average Bonchev–Trinajstić information content (AvgIpc) is 2.62. The topological polar surface area (TPSA) is 73.2 Å². The monoisotopic (exact) mass is 355 g/mol. The highest BCUT2D eigenvalue weighted by molar-refractivity contribution is 6.09. The highest BCUT2D eigenvalue weighted by Crippen LogP contribution is 2.16. The van der Waals surface area contributed by atoms with Crippen LogP contribution in [0.5, 0.6) is 0 Å². The number of halogens is 2. The van der Waals surface area contributed by atoms with Gasteiger partial charge in [-0.1, -0.05) is 0 Å². The molecular formula is C19H15F2N3O2. The number of nitriles is 1.